The Labute approximate surface area is 158 Å². The number of aromatic nitrogens is 4. The fourth-order valence-corrected chi connectivity index (χ4v) is 3.17. The number of non-ortho nitro benzene ring substituents is 1. The second-order valence-electron chi connectivity index (χ2n) is 5.63. The third-order valence-electron chi connectivity index (χ3n) is 3.82. The van der Waals surface area contributed by atoms with Crippen LogP contribution in [-0.2, 0) is 13.5 Å². The first-order valence-corrected chi connectivity index (χ1v) is 8.88. The number of tetrazole rings is 1. The summed E-state index contributed by atoms with van der Waals surface area (Å²) in [6, 6.07) is 11.6. The lowest BCUT2D eigenvalue weighted by molar-refractivity contribution is -0.384. The van der Waals surface area contributed by atoms with E-state index in [1.807, 2.05) is 19.1 Å². The first-order chi connectivity index (χ1) is 13.0. The first kappa shape index (κ1) is 18.5. The first-order valence-electron chi connectivity index (χ1n) is 8.07. The topological polar surface area (TPSA) is 116 Å². The zero-order valence-electron chi connectivity index (χ0n) is 14.6. The summed E-state index contributed by atoms with van der Waals surface area (Å²) in [6.45, 7) is 2.04. The number of nitrogens with zero attached hydrogens (tertiary/aromatic N) is 5. The highest BCUT2D eigenvalue weighted by Gasteiger charge is 2.19. The Morgan fingerprint density at radius 2 is 2.00 bits per heavy atom. The number of rotatable bonds is 6. The molecule has 0 aliphatic heterocycles. The summed E-state index contributed by atoms with van der Waals surface area (Å²) in [4.78, 5) is 23.9. The zero-order valence-corrected chi connectivity index (χ0v) is 15.4. The zero-order chi connectivity index (χ0) is 19.4. The fourth-order valence-electron chi connectivity index (χ4n) is 2.33. The number of hydrogen-bond donors (Lipinski definition) is 1. The van der Waals surface area contributed by atoms with E-state index in [-0.39, 0.29) is 11.3 Å². The molecule has 0 radical (unpaired) electrons. The van der Waals surface area contributed by atoms with Crippen LogP contribution in [0.5, 0.6) is 0 Å². The molecule has 0 fully saturated rings. The molecule has 1 heterocycles. The van der Waals surface area contributed by atoms with Crippen LogP contribution in [0.1, 0.15) is 22.8 Å². The normalized spacial score (nSPS) is 10.6. The summed E-state index contributed by atoms with van der Waals surface area (Å²) in [5.41, 5.74) is 1.77. The molecule has 0 atom stereocenters. The van der Waals surface area contributed by atoms with Gasteiger partial charge in [-0.15, -0.1) is 5.10 Å². The van der Waals surface area contributed by atoms with Crippen molar-refractivity contribution in [1.29, 1.82) is 0 Å². The summed E-state index contributed by atoms with van der Waals surface area (Å²) in [6.07, 6.45) is 0.894. The van der Waals surface area contributed by atoms with Gasteiger partial charge < -0.3 is 5.32 Å². The number of anilines is 1. The van der Waals surface area contributed by atoms with Gasteiger partial charge in [-0.1, -0.05) is 19.1 Å². The van der Waals surface area contributed by atoms with Crippen LogP contribution in [0.25, 0.3) is 0 Å². The van der Waals surface area contributed by atoms with E-state index in [2.05, 4.69) is 20.8 Å². The number of aryl methyl sites for hydroxylation is 2. The molecule has 0 spiro atoms. The summed E-state index contributed by atoms with van der Waals surface area (Å²) >= 11 is 1.16. The quantitative estimate of drug-likeness (QED) is 0.513. The standard InChI is InChI=1S/C17H16N6O3S/c1-3-11-4-6-12(7-5-11)18-16(24)14-10-13(23(25)26)8-9-15(14)27-17-19-20-21-22(17)2/h4-10H,3H2,1-2H3,(H,18,24). The second-order valence-corrected chi connectivity index (χ2v) is 6.64. The monoisotopic (exact) mass is 384 g/mol. The third-order valence-corrected chi connectivity index (χ3v) is 4.93. The summed E-state index contributed by atoms with van der Waals surface area (Å²) < 4.78 is 1.46. The van der Waals surface area contributed by atoms with Gasteiger partial charge in [-0.3, -0.25) is 14.9 Å². The predicted octanol–water partition coefficient (Wildman–Crippen LogP) is 3.08. The molecule has 1 amide bonds. The average Bonchev–Trinajstić information content (AvgIpc) is 3.07. The van der Waals surface area contributed by atoms with Gasteiger partial charge in [0.25, 0.3) is 11.6 Å². The van der Waals surface area contributed by atoms with Gasteiger partial charge in [0.1, 0.15) is 0 Å². The molecule has 1 N–H and O–H groups in total. The summed E-state index contributed by atoms with van der Waals surface area (Å²) in [5, 5.41) is 25.5. The maximum atomic E-state index is 12.8. The lowest BCUT2D eigenvalue weighted by Crippen LogP contribution is -2.13. The van der Waals surface area contributed by atoms with Gasteiger partial charge in [-0.05, 0) is 52.4 Å². The molecule has 138 valence electrons. The van der Waals surface area contributed by atoms with Crippen LogP contribution in [0.4, 0.5) is 11.4 Å². The lowest BCUT2D eigenvalue weighted by atomic mass is 10.1. The van der Waals surface area contributed by atoms with Gasteiger partial charge in [0.2, 0.25) is 5.16 Å². The molecule has 3 aromatic rings. The Balaban J connectivity index is 1.92. The molecular weight excluding hydrogens is 368 g/mol. The van der Waals surface area contributed by atoms with E-state index in [0.717, 1.165) is 23.7 Å². The number of nitro benzene ring substituents is 1. The summed E-state index contributed by atoms with van der Waals surface area (Å²) in [7, 11) is 1.67. The van der Waals surface area contributed by atoms with Crippen LogP contribution in [0.3, 0.4) is 0 Å². The van der Waals surface area contributed by atoms with Crippen molar-refractivity contribution in [3.8, 4) is 0 Å². The highest BCUT2D eigenvalue weighted by molar-refractivity contribution is 7.99. The van der Waals surface area contributed by atoms with E-state index < -0.39 is 10.8 Å². The van der Waals surface area contributed by atoms with Gasteiger partial charge in [0.05, 0.1) is 10.5 Å². The molecule has 2 aromatic carbocycles. The molecule has 1 aromatic heterocycles. The second kappa shape index (κ2) is 7.96. The average molecular weight is 384 g/mol. The predicted molar refractivity (Wildman–Crippen MR) is 99.8 cm³/mol. The molecule has 0 saturated heterocycles. The van der Waals surface area contributed by atoms with Crippen molar-refractivity contribution < 1.29 is 9.72 Å². The number of nitrogens with one attached hydrogen (secondary N) is 1. The largest absolute Gasteiger partial charge is 0.322 e. The number of hydrogen-bond acceptors (Lipinski definition) is 7. The Bertz CT molecular complexity index is 987. The Kier molecular flexibility index (Phi) is 5.46. The number of carbonyl (C=O) groups excluding carboxylic acids is 1. The Morgan fingerprint density at radius 1 is 1.26 bits per heavy atom. The van der Waals surface area contributed by atoms with Crippen molar-refractivity contribution in [3.05, 3.63) is 63.7 Å². The highest BCUT2D eigenvalue weighted by atomic mass is 32.2. The van der Waals surface area contributed by atoms with E-state index in [0.29, 0.717) is 15.7 Å². The van der Waals surface area contributed by atoms with Crippen molar-refractivity contribution in [2.45, 2.75) is 23.4 Å². The van der Waals surface area contributed by atoms with Crippen molar-refractivity contribution in [2.24, 2.45) is 7.05 Å². The van der Waals surface area contributed by atoms with Crippen molar-refractivity contribution in [2.75, 3.05) is 5.32 Å². The molecule has 3 rings (SSSR count). The molecule has 27 heavy (non-hydrogen) atoms. The highest BCUT2D eigenvalue weighted by Crippen LogP contribution is 2.31. The number of carbonyl (C=O) groups is 1. The van der Waals surface area contributed by atoms with E-state index in [1.165, 1.54) is 22.9 Å². The molecule has 0 aliphatic rings. The van der Waals surface area contributed by atoms with Crippen molar-refractivity contribution in [1.82, 2.24) is 20.2 Å². The maximum absolute atomic E-state index is 12.8. The van der Waals surface area contributed by atoms with Crippen LogP contribution in [0, 0.1) is 10.1 Å². The fraction of sp³-hybridized carbons (Fsp3) is 0.176. The number of benzene rings is 2. The van der Waals surface area contributed by atoms with Gasteiger partial charge in [-0.25, -0.2) is 4.68 Å². The molecule has 10 heteroatoms. The van der Waals surface area contributed by atoms with E-state index in [4.69, 9.17) is 0 Å². The van der Waals surface area contributed by atoms with Crippen LogP contribution in [0.15, 0.2) is 52.5 Å². The SMILES string of the molecule is CCc1ccc(NC(=O)c2cc([N+](=O)[O-])ccc2Sc2nnnn2C)cc1. The minimum atomic E-state index is -0.537. The van der Waals surface area contributed by atoms with E-state index in [1.54, 1.807) is 19.2 Å². The Morgan fingerprint density at radius 3 is 2.59 bits per heavy atom. The van der Waals surface area contributed by atoms with Crippen LogP contribution in [-0.4, -0.2) is 31.0 Å². The van der Waals surface area contributed by atoms with E-state index in [9.17, 15) is 14.9 Å². The third kappa shape index (κ3) is 4.29. The Hall–Kier alpha value is -3.27. The molecular formula is C17H16N6O3S. The van der Waals surface area contributed by atoms with Crippen LogP contribution < -0.4 is 5.32 Å². The lowest BCUT2D eigenvalue weighted by Gasteiger charge is -2.10. The van der Waals surface area contributed by atoms with Crippen LogP contribution in [0.2, 0.25) is 0 Å². The van der Waals surface area contributed by atoms with Gasteiger partial charge in [-0.2, -0.15) is 0 Å². The van der Waals surface area contributed by atoms with Gasteiger partial charge in [0, 0.05) is 29.8 Å². The maximum Gasteiger partial charge on any atom is 0.270 e. The molecule has 0 aliphatic carbocycles. The van der Waals surface area contributed by atoms with Crippen molar-refractivity contribution in [3.63, 3.8) is 0 Å². The molecule has 0 bridgehead atoms. The smallest absolute Gasteiger partial charge is 0.270 e. The molecule has 0 saturated carbocycles. The molecule has 9 nitrogen and oxygen atoms in total. The minimum absolute atomic E-state index is 0.165. The van der Waals surface area contributed by atoms with Crippen LogP contribution >= 0.6 is 11.8 Å². The van der Waals surface area contributed by atoms with Gasteiger partial charge in [0.15, 0.2) is 0 Å². The number of nitro groups is 1. The van der Waals surface area contributed by atoms with Crippen molar-refractivity contribution >= 4 is 29.0 Å². The summed E-state index contributed by atoms with van der Waals surface area (Å²) in [5.74, 6) is -0.444. The number of amides is 1. The minimum Gasteiger partial charge on any atom is -0.322 e. The molecule has 0 unspecified atom stereocenters. The van der Waals surface area contributed by atoms with E-state index >= 15 is 0 Å². The van der Waals surface area contributed by atoms with Gasteiger partial charge >= 0.3 is 0 Å².